The highest BCUT2D eigenvalue weighted by atomic mass is 16.5. The van der Waals surface area contributed by atoms with Crippen molar-refractivity contribution < 1.29 is 9.47 Å². The summed E-state index contributed by atoms with van der Waals surface area (Å²) in [5.41, 5.74) is 8.08. The summed E-state index contributed by atoms with van der Waals surface area (Å²) in [6.45, 7) is 0. The minimum absolute atomic E-state index is 0.583. The number of aryl methyl sites for hydroxylation is 1. The summed E-state index contributed by atoms with van der Waals surface area (Å²) in [7, 11) is 3.44. The van der Waals surface area contributed by atoms with Gasteiger partial charge in [-0.15, -0.1) is 0 Å². The molecule has 6 heteroatoms. The van der Waals surface area contributed by atoms with Crippen molar-refractivity contribution in [1.29, 1.82) is 0 Å². The molecule has 3 aromatic rings. The van der Waals surface area contributed by atoms with Gasteiger partial charge in [0, 0.05) is 42.8 Å². The van der Waals surface area contributed by atoms with E-state index in [0.29, 0.717) is 22.9 Å². The van der Waals surface area contributed by atoms with Crippen molar-refractivity contribution in [3.05, 3.63) is 48.9 Å². The Balaban J connectivity index is 1.90. The Labute approximate surface area is 128 Å². The highest BCUT2D eigenvalue weighted by Crippen LogP contribution is 2.33. The zero-order valence-corrected chi connectivity index (χ0v) is 12.4. The smallest absolute Gasteiger partial charge is 0.169 e. The van der Waals surface area contributed by atoms with Crippen LogP contribution in [0.15, 0.2) is 48.9 Å². The minimum Gasteiger partial charge on any atom is -0.493 e. The SMILES string of the molecule is COc1cc(N)ccc1Oc1ccnc(-c2cnn(C)c2)c1. The predicted octanol–water partition coefficient (Wildman–Crippen LogP) is 2.87. The average molecular weight is 296 g/mol. The van der Waals surface area contributed by atoms with Crippen LogP contribution in [-0.2, 0) is 7.05 Å². The van der Waals surface area contributed by atoms with Crippen LogP contribution in [0.5, 0.6) is 17.2 Å². The Hall–Kier alpha value is -3.02. The molecule has 6 nitrogen and oxygen atoms in total. The van der Waals surface area contributed by atoms with Gasteiger partial charge in [0.2, 0.25) is 0 Å². The lowest BCUT2D eigenvalue weighted by Gasteiger charge is -2.11. The van der Waals surface area contributed by atoms with E-state index in [1.165, 1.54) is 0 Å². The molecule has 0 amide bonds. The van der Waals surface area contributed by atoms with Crippen molar-refractivity contribution >= 4 is 5.69 Å². The van der Waals surface area contributed by atoms with Gasteiger partial charge < -0.3 is 15.2 Å². The molecule has 2 N–H and O–H groups in total. The standard InChI is InChI=1S/C16H16N4O2/c1-20-10-11(9-19-20)14-8-13(5-6-18-14)22-15-4-3-12(17)7-16(15)21-2/h3-10H,17H2,1-2H3. The van der Waals surface area contributed by atoms with Crippen molar-refractivity contribution in [2.75, 3.05) is 12.8 Å². The van der Waals surface area contributed by atoms with E-state index in [2.05, 4.69) is 10.1 Å². The molecule has 2 aromatic heterocycles. The fraction of sp³-hybridized carbons (Fsp3) is 0.125. The number of pyridine rings is 1. The maximum absolute atomic E-state index is 5.88. The lowest BCUT2D eigenvalue weighted by Crippen LogP contribution is -1.93. The highest BCUT2D eigenvalue weighted by Gasteiger charge is 2.08. The molecule has 2 heterocycles. The molecule has 22 heavy (non-hydrogen) atoms. The molecule has 0 bridgehead atoms. The minimum atomic E-state index is 0.583. The first-order valence-electron chi connectivity index (χ1n) is 6.72. The number of benzene rings is 1. The number of nitrogen functional groups attached to an aromatic ring is 1. The number of hydrogen-bond acceptors (Lipinski definition) is 5. The van der Waals surface area contributed by atoms with Crippen LogP contribution >= 0.6 is 0 Å². The monoisotopic (exact) mass is 296 g/mol. The normalized spacial score (nSPS) is 10.5. The quantitative estimate of drug-likeness (QED) is 0.749. The molecule has 0 atom stereocenters. The lowest BCUT2D eigenvalue weighted by molar-refractivity contribution is 0.379. The summed E-state index contributed by atoms with van der Waals surface area (Å²) >= 11 is 0. The van der Waals surface area contributed by atoms with Crippen molar-refractivity contribution in [3.63, 3.8) is 0 Å². The number of nitrogens with zero attached hydrogens (tertiary/aromatic N) is 3. The Kier molecular flexibility index (Phi) is 3.65. The molecular weight excluding hydrogens is 280 g/mol. The number of hydrogen-bond donors (Lipinski definition) is 1. The zero-order valence-electron chi connectivity index (χ0n) is 12.4. The molecule has 0 saturated carbocycles. The van der Waals surface area contributed by atoms with Gasteiger partial charge in [0.15, 0.2) is 11.5 Å². The second kappa shape index (κ2) is 5.77. The molecule has 0 spiro atoms. The number of nitrogens with two attached hydrogens (primary N) is 1. The highest BCUT2D eigenvalue weighted by molar-refractivity contribution is 5.59. The van der Waals surface area contributed by atoms with E-state index in [1.807, 2.05) is 19.3 Å². The van der Waals surface area contributed by atoms with E-state index in [-0.39, 0.29) is 0 Å². The molecule has 0 aliphatic heterocycles. The molecular formula is C16H16N4O2. The second-order valence-electron chi connectivity index (χ2n) is 4.79. The van der Waals surface area contributed by atoms with Crippen LogP contribution in [0.1, 0.15) is 0 Å². The van der Waals surface area contributed by atoms with Crippen molar-refractivity contribution in [1.82, 2.24) is 14.8 Å². The van der Waals surface area contributed by atoms with Crippen LogP contribution in [0.25, 0.3) is 11.3 Å². The molecule has 0 fully saturated rings. The molecule has 0 unspecified atom stereocenters. The fourth-order valence-electron chi connectivity index (χ4n) is 2.08. The van der Waals surface area contributed by atoms with Crippen LogP contribution < -0.4 is 15.2 Å². The number of aromatic nitrogens is 3. The third-order valence-corrected chi connectivity index (χ3v) is 3.15. The maximum atomic E-state index is 5.88. The van der Waals surface area contributed by atoms with Crippen LogP contribution in [0.2, 0.25) is 0 Å². The summed E-state index contributed by atoms with van der Waals surface area (Å²) in [5.74, 6) is 1.84. The summed E-state index contributed by atoms with van der Waals surface area (Å²) in [6.07, 6.45) is 5.35. The van der Waals surface area contributed by atoms with E-state index in [0.717, 1.165) is 11.3 Å². The van der Waals surface area contributed by atoms with Gasteiger partial charge in [0.25, 0.3) is 0 Å². The Bertz CT molecular complexity index is 798. The van der Waals surface area contributed by atoms with E-state index >= 15 is 0 Å². The van der Waals surface area contributed by atoms with Crippen LogP contribution in [0.4, 0.5) is 5.69 Å². The number of methoxy groups -OCH3 is 1. The maximum Gasteiger partial charge on any atom is 0.169 e. The van der Waals surface area contributed by atoms with Crippen LogP contribution in [-0.4, -0.2) is 21.9 Å². The van der Waals surface area contributed by atoms with E-state index < -0.39 is 0 Å². The summed E-state index contributed by atoms with van der Waals surface area (Å²) in [6, 6.07) is 8.90. The van der Waals surface area contributed by atoms with Gasteiger partial charge in [-0.05, 0) is 18.2 Å². The van der Waals surface area contributed by atoms with E-state index in [4.69, 9.17) is 15.2 Å². The second-order valence-corrected chi connectivity index (χ2v) is 4.79. The van der Waals surface area contributed by atoms with E-state index in [1.54, 1.807) is 48.5 Å². The molecule has 0 saturated heterocycles. The summed E-state index contributed by atoms with van der Waals surface area (Å²) < 4.78 is 12.9. The third-order valence-electron chi connectivity index (χ3n) is 3.15. The van der Waals surface area contributed by atoms with E-state index in [9.17, 15) is 0 Å². The zero-order chi connectivity index (χ0) is 15.5. The van der Waals surface area contributed by atoms with Gasteiger partial charge in [-0.1, -0.05) is 0 Å². The van der Waals surface area contributed by atoms with Gasteiger partial charge in [-0.2, -0.15) is 5.10 Å². The lowest BCUT2D eigenvalue weighted by atomic mass is 10.2. The first kappa shape index (κ1) is 13.9. The summed E-state index contributed by atoms with van der Waals surface area (Å²) in [4.78, 5) is 4.34. The topological polar surface area (TPSA) is 75.2 Å². The first-order valence-corrected chi connectivity index (χ1v) is 6.72. The van der Waals surface area contributed by atoms with Crippen LogP contribution in [0, 0.1) is 0 Å². The third kappa shape index (κ3) is 2.85. The van der Waals surface area contributed by atoms with Gasteiger partial charge in [-0.25, -0.2) is 0 Å². The Morgan fingerprint density at radius 1 is 1.14 bits per heavy atom. The van der Waals surface area contributed by atoms with Crippen LogP contribution in [0.3, 0.4) is 0 Å². The average Bonchev–Trinajstić information content (AvgIpc) is 2.96. The van der Waals surface area contributed by atoms with Crippen molar-refractivity contribution in [3.8, 4) is 28.5 Å². The van der Waals surface area contributed by atoms with Gasteiger partial charge in [0.1, 0.15) is 5.75 Å². The Morgan fingerprint density at radius 2 is 2.00 bits per heavy atom. The molecule has 0 aliphatic carbocycles. The Morgan fingerprint density at radius 3 is 2.73 bits per heavy atom. The van der Waals surface area contributed by atoms with Crippen molar-refractivity contribution in [2.45, 2.75) is 0 Å². The molecule has 1 aromatic carbocycles. The van der Waals surface area contributed by atoms with Crippen molar-refractivity contribution in [2.24, 2.45) is 7.05 Å². The number of ether oxygens (including phenoxy) is 2. The fourth-order valence-corrected chi connectivity index (χ4v) is 2.08. The first-order chi connectivity index (χ1) is 10.7. The number of anilines is 1. The number of rotatable bonds is 4. The van der Waals surface area contributed by atoms with Gasteiger partial charge >= 0.3 is 0 Å². The van der Waals surface area contributed by atoms with Gasteiger partial charge in [0.05, 0.1) is 19.0 Å². The molecule has 0 aliphatic rings. The molecule has 3 rings (SSSR count). The molecule has 112 valence electrons. The summed E-state index contributed by atoms with van der Waals surface area (Å²) in [5, 5.41) is 4.15. The molecule has 0 radical (unpaired) electrons. The van der Waals surface area contributed by atoms with Gasteiger partial charge in [-0.3, -0.25) is 9.67 Å². The largest absolute Gasteiger partial charge is 0.493 e. The predicted molar refractivity (Wildman–Crippen MR) is 83.9 cm³/mol.